The number of hydrogen-bond donors (Lipinski definition) is 2. The highest BCUT2D eigenvalue weighted by Crippen LogP contribution is 2.29. The van der Waals surface area contributed by atoms with Crippen molar-refractivity contribution in [3.63, 3.8) is 0 Å². The summed E-state index contributed by atoms with van der Waals surface area (Å²) in [7, 11) is 0. The maximum Gasteiger partial charge on any atom is 0.262 e. The molecule has 0 aliphatic carbocycles. The fraction of sp³-hybridized carbons (Fsp3) is 0.565. The molecule has 1 aromatic carbocycles. The van der Waals surface area contributed by atoms with Crippen molar-refractivity contribution in [3.8, 4) is 0 Å². The third-order valence-corrected chi connectivity index (χ3v) is 6.43. The average molecular weight is 427 g/mol. The summed E-state index contributed by atoms with van der Waals surface area (Å²) in [5.74, 6) is -1.17. The third kappa shape index (κ3) is 4.55. The molecule has 8 nitrogen and oxygen atoms in total. The first kappa shape index (κ1) is 21.6. The van der Waals surface area contributed by atoms with Gasteiger partial charge in [-0.1, -0.05) is 19.9 Å². The standard InChI is InChI=1S/C23H30N4O4/c1-14(2)24-12-15-7-9-26(10-8-15)13-16-3-4-17-18(11-16)23(31)27(22(17)30)19-5-6-20(28)25-21(19)29/h3-4,11,14-15,19,24H,5-10,12-13H2,1-2H3,(H,25,28,29). The fourth-order valence-electron chi connectivity index (χ4n) is 4.63. The molecular formula is C23H30N4O4. The van der Waals surface area contributed by atoms with Crippen LogP contribution in [0.4, 0.5) is 0 Å². The fourth-order valence-corrected chi connectivity index (χ4v) is 4.63. The zero-order valence-corrected chi connectivity index (χ0v) is 18.1. The molecule has 0 aromatic heterocycles. The lowest BCUT2D eigenvalue weighted by atomic mass is 9.96. The van der Waals surface area contributed by atoms with Crippen LogP contribution in [0.1, 0.15) is 65.8 Å². The molecule has 4 rings (SSSR count). The summed E-state index contributed by atoms with van der Waals surface area (Å²) < 4.78 is 0. The molecule has 2 N–H and O–H groups in total. The molecular weight excluding hydrogens is 396 g/mol. The van der Waals surface area contributed by atoms with Crippen LogP contribution in [0, 0.1) is 5.92 Å². The van der Waals surface area contributed by atoms with E-state index in [2.05, 4.69) is 29.4 Å². The number of hydrogen-bond acceptors (Lipinski definition) is 6. The highest BCUT2D eigenvalue weighted by atomic mass is 16.2. The number of likely N-dealkylation sites (tertiary alicyclic amines) is 1. The number of carbonyl (C=O) groups is 4. The van der Waals surface area contributed by atoms with Gasteiger partial charge in [0.05, 0.1) is 11.1 Å². The number of piperidine rings is 2. The van der Waals surface area contributed by atoms with Crippen LogP contribution >= 0.6 is 0 Å². The van der Waals surface area contributed by atoms with E-state index in [9.17, 15) is 19.2 Å². The Bertz CT molecular complexity index is 905. The lowest BCUT2D eigenvalue weighted by Gasteiger charge is -2.32. The van der Waals surface area contributed by atoms with Gasteiger partial charge >= 0.3 is 0 Å². The minimum atomic E-state index is -0.924. The minimum absolute atomic E-state index is 0.123. The van der Waals surface area contributed by atoms with Crippen LogP contribution in [0.5, 0.6) is 0 Å². The zero-order valence-electron chi connectivity index (χ0n) is 18.1. The molecule has 0 spiro atoms. The smallest absolute Gasteiger partial charge is 0.262 e. The van der Waals surface area contributed by atoms with Crippen molar-refractivity contribution < 1.29 is 19.2 Å². The first-order chi connectivity index (χ1) is 14.8. The second-order valence-electron chi connectivity index (χ2n) is 9.11. The lowest BCUT2D eigenvalue weighted by molar-refractivity contribution is -0.136. The average Bonchev–Trinajstić information content (AvgIpc) is 2.98. The van der Waals surface area contributed by atoms with Crippen LogP contribution in [0.3, 0.4) is 0 Å². The zero-order chi connectivity index (χ0) is 22.1. The Hall–Kier alpha value is -2.58. The Balaban J connectivity index is 1.40. The molecule has 3 heterocycles. The Morgan fingerprint density at radius 3 is 2.42 bits per heavy atom. The molecule has 0 saturated carbocycles. The van der Waals surface area contributed by atoms with Crippen molar-refractivity contribution in [1.82, 2.24) is 20.4 Å². The molecule has 4 amide bonds. The predicted octanol–water partition coefficient (Wildman–Crippen LogP) is 1.30. The maximum atomic E-state index is 13.0. The quantitative estimate of drug-likeness (QED) is 0.666. The van der Waals surface area contributed by atoms with Gasteiger partial charge < -0.3 is 5.32 Å². The Labute approximate surface area is 182 Å². The van der Waals surface area contributed by atoms with Gasteiger partial charge in [0, 0.05) is 19.0 Å². The van der Waals surface area contributed by atoms with Crippen molar-refractivity contribution in [2.45, 2.75) is 58.2 Å². The normalized spacial score (nSPS) is 22.9. The Morgan fingerprint density at radius 1 is 1.03 bits per heavy atom. The van der Waals surface area contributed by atoms with Crippen molar-refractivity contribution >= 4 is 23.6 Å². The first-order valence-corrected chi connectivity index (χ1v) is 11.1. The molecule has 1 atom stereocenters. The van der Waals surface area contributed by atoms with Crippen LogP contribution in [0.25, 0.3) is 0 Å². The molecule has 1 unspecified atom stereocenters. The summed E-state index contributed by atoms with van der Waals surface area (Å²) in [5, 5.41) is 5.74. The third-order valence-electron chi connectivity index (χ3n) is 6.43. The summed E-state index contributed by atoms with van der Waals surface area (Å²) in [6.45, 7) is 8.13. The largest absolute Gasteiger partial charge is 0.314 e. The van der Waals surface area contributed by atoms with Gasteiger partial charge in [-0.3, -0.25) is 34.3 Å². The molecule has 0 radical (unpaired) electrons. The summed E-state index contributed by atoms with van der Waals surface area (Å²) in [6, 6.07) is 4.95. The van der Waals surface area contributed by atoms with E-state index < -0.39 is 23.8 Å². The van der Waals surface area contributed by atoms with Crippen LogP contribution in [-0.4, -0.2) is 65.1 Å². The van der Waals surface area contributed by atoms with Crippen molar-refractivity contribution in [1.29, 1.82) is 0 Å². The molecule has 0 bridgehead atoms. The van der Waals surface area contributed by atoms with E-state index in [0.717, 1.165) is 49.5 Å². The number of carbonyl (C=O) groups excluding carboxylic acids is 4. The van der Waals surface area contributed by atoms with Gasteiger partial charge in [-0.15, -0.1) is 0 Å². The maximum absolute atomic E-state index is 13.0. The van der Waals surface area contributed by atoms with E-state index in [1.807, 2.05) is 6.07 Å². The van der Waals surface area contributed by atoms with Gasteiger partial charge in [-0.2, -0.15) is 0 Å². The number of amides is 4. The van der Waals surface area contributed by atoms with Gasteiger partial charge in [0.1, 0.15) is 6.04 Å². The van der Waals surface area contributed by atoms with E-state index in [4.69, 9.17) is 0 Å². The molecule has 2 saturated heterocycles. The van der Waals surface area contributed by atoms with Gasteiger partial charge in [0.15, 0.2) is 0 Å². The number of rotatable bonds is 6. The monoisotopic (exact) mass is 426 g/mol. The number of fused-ring (bicyclic) bond motifs is 1. The first-order valence-electron chi connectivity index (χ1n) is 11.1. The van der Waals surface area contributed by atoms with E-state index >= 15 is 0 Å². The molecule has 166 valence electrons. The van der Waals surface area contributed by atoms with Crippen LogP contribution < -0.4 is 10.6 Å². The van der Waals surface area contributed by atoms with Gasteiger partial charge in [0.25, 0.3) is 11.8 Å². The van der Waals surface area contributed by atoms with Crippen LogP contribution in [0.15, 0.2) is 18.2 Å². The number of imide groups is 2. The van der Waals surface area contributed by atoms with Crippen molar-refractivity contribution in [2.24, 2.45) is 5.92 Å². The topological polar surface area (TPSA) is 98.8 Å². The van der Waals surface area contributed by atoms with E-state index in [0.29, 0.717) is 23.1 Å². The number of benzene rings is 1. The molecule has 1 aromatic rings. The molecule has 8 heteroatoms. The second-order valence-corrected chi connectivity index (χ2v) is 9.11. The SMILES string of the molecule is CC(C)NCC1CCN(Cc2ccc3c(c2)C(=O)N(C2CCC(=O)NC2=O)C3=O)CC1. The van der Waals surface area contributed by atoms with Gasteiger partial charge in [0.2, 0.25) is 11.8 Å². The Morgan fingerprint density at radius 2 is 1.74 bits per heavy atom. The molecule has 31 heavy (non-hydrogen) atoms. The van der Waals surface area contributed by atoms with E-state index in [-0.39, 0.29) is 18.7 Å². The summed E-state index contributed by atoms with van der Waals surface area (Å²) in [5.41, 5.74) is 1.67. The van der Waals surface area contributed by atoms with E-state index in [1.165, 1.54) is 0 Å². The predicted molar refractivity (Wildman–Crippen MR) is 114 cm³/mol. The summed E-state index contributed by atoms with van der Waals surface area (Å²) in [6.07, 6.45) is 2.58. The lowest BCUT2D eigenvalue weighted by Crippen LogP contribution is -2.54. The van der Waals surface area contributed by atoms with Gasteiger partial charge in [-0.05, 0) is 62.5 Å². The number of nitrogens with one attached hydrogen (secondary N) is 2. The minimum Gasteiger partial charge on any atom is -0.314 e. The van der Waals surface area contributed by atoms with E-state index in [1.54, 1.807) is 12.1 Å². The van der Waals surface area contributed by atoms with Gasteiger partial charge in [-0.25, -0.2) is 0 Å². The Kier molecular flexibility index (Phi) is 6.20. The highest BCUT2D eigenvalue weighted by molar-refractivity contribution is 6.23. The second kappa shape index (κ2) is 8.88. The van der Waals surface area contributed by atoms with Crippen molar-refractivity contribution in [3.05, 3.63) is 34.9 Å². The summed E-state index contributed by atoms with van der Waals surface area (Å²) in [4.78, 5) is 52.8. The molecule has 3 aliphatic heterocycles. The molecule has 3 aliphatic rings. The highest BCUT2D eigenvalue weighted by Gasteiger charge is 2.44. The van der Waals surface area contributed by atoms with Crippen LogP contribution in [-0.2, 0) is 16.1 Å². The number of nitrogens with zero attached hydrogens (tertiary/aromatic N) is 2. The van der Waals surface area contributed by atoms with Crippen molar-refractivity contribution in [2.75, 3.05) is 19.6 Å². The summed E-state index contributed by atoms with van der Waals surface area (Å²) >= 11 is 0. The van der Waals surface area contributed by atoms with Crippen LogP contribution in [0.2, 0.25) is 0 Å². The molecule has 2 fully saturated rings.